The van der Waals surface area contributed by atoms with Gasteiger partial charge in [0.1, 0.15) is 0 Å². The molecule has 5 nitrogen and oxygen atoms in total. The summed E-state index contributed by atoms with van der Waals surface area (Å²) in [6, 6.07) is 6.38. The molecule has 2 rings (SSSR count). The molecular weight excluding hydrogens is 232 g/mol. The fraction of sp³-hybridized carbons (Fsp3) is 0.385. The lowest BCUT2D eigenvalue weighted by Crippen LogP contribution is -2.29. The molecule has 0 unspecified atom stereocenters. The number of nitrogens with one attached hydrogen (secondary N) is 2. The molecule has 0 aliphatic heterocycles. The number of carbonyl (C=O) groups excluding carboxylic acids is 1. The van der Waals surface area contributed by atoms with Crippen LogP contribution in [0.2, 0.25) is 0 Å². The third kappa shape index (κ3) is 3.56. The van der Waals surface area contributed by atoms with Gasteiger partial charge in [-0.05, 0) is 37.4 Å². The van der Waals surface area contributed by atoms with Crippen molar-refractivity contribution in [2.45, 2.75) is 12.8 Å². The normalized spacial score (nSPS) is 14.2. The zero-order chi connectivity index (χ0) is 13.0. The van der Waals surface area contributed by atoms with Gasteiger partial charge in [0.25, 0.3) is 0 Å². The third-order valence-corrected chi connectivity index (χ3v) is 2.85. The molecular formula is C13H16N2O3. The van der Waals surface area contributed by atoms with Crippen LogP contribution in [0.5, 0.6) is 0 Å². The molecule has 0 saturated heterocycles. The van der Waals surface area contributed by atoms with Crippen LogP contribution in [0.25, 0.3) is 0 Å². The number of para-hydroxylation sites is 1. The lowest BCUT2D eigenvalue weighted by Gasteiger charge is -2.08. The number of carbonyl (C=O) groups is 2. The van der Waals surface area contributed by atoms with E-state index in [0.29, 0.717) is 11.6 Å². The predicted octanol–water partition coefficient (Wildman–Crippen LogP) is 1.32. The second kappa shape index (κ2) is 5.64. The number of anilines is 1. The van der Waals surface area contributed by atoms with E-state index in [1.807, 2.05) is 0 Å². The van der Waals surface area contributed by atoms with Gasteiger partial charge in [-0.15, -0.1) is 0 Å². The smallest absolute Gasteiger partial charge is 0.337 e. The predicted molar refractivity (Wildman–Crippen MR) is 67.6 cm³/mol. The quantitative estimate of drug-likeness (QED) is 0.709. The fourth-order valence-electron chi connectivity index (χ4n) is 1.68. The second-order valence-electron chi connectivity index (χ2n) is 4.47. The number of hydrogen-bond acceptors (Lipinski definition) is 3. The Labute approximate surface area is 105 Å². The minimum Gasteiger partial charge on any atom is -0.478 e. The molecule has 18 heavy (non-hydrogen) atoms. The maximum absolute atomic E-state index is 11.6. The molecule has 0 heterocycles. The lowest BCUT2D eigenvalue weighted by atomic mass is 10.2. The van der Waals surface area contributed by atoms with Crippen LogP contribution >= 0.6 is 0 Å². The number of amides is 1. The van der Waals surface area contributed by atoms with Gasteiger partial charge in [-0.25, -0.2) is 4.79 Å². The maximum Gasteiger partial charge on any atom is 0.337 e. The summed E-state index contributed by atoms with van der Waals surface area (Å²) in [5, 5.41) is 14.6. The molecule has 0 aromatic heterocycles. The summed E-state index contributed by atoms with van der Waals surface area (Å²) in [6.07, 6.45) is 2.47. The molecule has 1 fully saturated rings. The molecule has 5 heteroatoms. The Bertz CT molecular complexity index is 455. The molecule has 0 spiro atoms. The number of carboxylic acid groups (broad SMARTS) is 1. The fourth-order valence-corrected chi connectivity index (χ4v) is 1.68. The maximum atomic E-state index is 11.6. The van der Waals surface area contributed by atoms with Gasteiger partial charge in [-0.1, -0.05) is 12.1 Å². The van der Waals surface area contributed by atoms with E-state index in [-0.39, 0.29) is 18.0 Å². The Balaban J connectivity index is 1.87. The summed E-state index contributed by atoms with van der Waals surface area (Å²) >= 11 is 0. The molecule has 1 saturated carbocycles. The average molecular weight is 248 g/mol. The number of benzene rings is 1. The monoisotopic (exact) mass is 248 g/mol. The number of rotatable bonds is 6. The Morgan fingerprint density at radius 1 is 1.28 bits per heavy atom. The van der Waals surface area contributed by atoms with E-state index in [0.717, 1.165) is 6.54 Å². The van der Waals surface area contributed by atoms with Gasteiger partial charge in [0.2, 0.25) is 5.91 Å². The lowest BCUT2D eigenvalue weighted by molar-refractivity contribution is -0.115. The molecule has 1 amide bonds. The van der Waals surface area contributed by atoms with Gasteiger partial charge < -0.3 is 15.7 Å². The molecule has 0 bridgehead atoms. The van der Waals surface area contributed by atoms with Crippen LogP contribution in [0.15, 0.2) is 24.3 Å². The molecule has 1 aromatic rings. The van der Waals surface area contributed by atoms with Gasteiger partial charge in [0, 0.05) is 0 Å². The minimum atomic E-state index is -1.04. The van der Waals surface area contributed by atoms with Crippen molar-refractivity contribution in [3.05, 3.63) is 29.8 Å². The van der Waals surface area contributed by atoms with Crippen LogP contribution in [-0.2, 0) is 4.79 Å². The molecule has 0 radical (unpaired) electrons. The van der Waals surface area contributed by atoms with Crippen LogP contribution < -0.4 is 10.6 Å². The van der Waals surface area contributed by atoms with Gasteiger partial charge in [-0.2, -0.15) is 0 Å². The van der Waals surface area contributed by atoms with E-state index < -0.39 is 5.97 Å². The van der Waals surface area contributed by atoms with Crippen LogP contribution in [-0.4, -0.2) is 30.1 Å². The van der Waals surface area contributed by atoms with E-state index in [1.54, 1.807) is 18.2 Å². The molecule has 96 valence electrons. The van der Waals surface area contributed by atoms with Crippen LogP contribution in [0, 0.1) is 5.92 Å². The van der Waals surface area contributed by atoms with Crippen molar-refractivity contribution in [3.63, 3.8) is 0 Å². The summed E-state index contributed by atoms with van der Waals surface area (Å²) in [5.74, 6) is -0.551. The highest BCUT2D eigenvalue weighted by molar-refractivity contribution is 6.01. The SMILES string of the molecule is O=C(CNCC1CC1)Nc1ccccc1C(=O)O. The van der Waals surface area contributed by atoms with Crippen molar-refractivity contribution < 1.29 is 14.7 Å². The number of carboxylic acids is 1. The highest BCUT2D eigenvalue weighted by Gasteiger charge is 2.20. The van der Waals surface area contributed by atoms with Crippen LogP contribution in [0.3, 0.4) is 0 Å². The zero-order valence-corrected chi connectivity index (χ0v) is 9.98. The van der Waals surface area contributed by atoms with Crippen molar-refractivity contribution in [1.29, 1.82) is 0 Å². The molecule has 1 aliphatic rings. The molecule has 1 aliphatic carbocycles. The highest BCUT2D eigenvalue weighted by atomic mass is 16.4. The largest absolute Gasteiger partial charge is 0.478 e. The van der Waals surface area contributed by atoms with Crippen molar-refractivity contribution in [2.24, 2.45) is 5.92 Å². The van der Waals surface area contributed by atoms with Gasteiger partial charge >= 0.3 is 5.97 Å². The highest BCUT2D eigenvalue weighted by Crippen LogP contribution is 2.27. The average Bonchev–Trinajstić information content (AvgIpc) is 3.13. The van der Waals surface area contributed by atoms with E-state index in [1.165, 1.54) is 18.9 Å². The number of hydrogen-bond donors (Lipinski definition) is 3. The number of aromatic carboxylic acids is 1. The van der Waals surface area contributed by atoms with E-state index in [2.05, 4.69) is 10.6 Å². The third-order valence-electron chi connectivity index (χ3n) is 2.85. The molecule has 1 aromatic carbocycles. The van der Waals surface area contributed by atoms with E-state index in [4.69, 9.17) is 5.11 Å². The Kier molecular flexibility index (Phi) is 3.94. The summed E-state index contributed by atoms with van der Waals surface area (Å²) in [4.78, 5) is 22.6. The first-order valence-corrected chi connectivity index (χ1v) is 5.99. The minimum absolute atomic E-state index is 0.105. The standard InChI is InChI=1S/C13H16N2O3/c16-12(8-14-7-9-5-6-9)15-11-4-2-1-3-10(11)13(17)18/h1-4,9,14H,5-8H2,(H,15,16)(H,17,18). The summed E-state index contributed by atoms with van der Waals surface area (Å²) in [6.45, 7) is 1.07. The summed E-state index contributed by atoms with van der Waals surface area (Å²) < 4.78 is 0. The van der Waals surface area contributed by atoms with Crippen molar-refractivity contribution in [3.8, 4) is 0 Å². The van der Waals surface area contributed by atoms with Crippen LogP contribution in [0.4, 0.5) is 5.69 Å². The first-order valence-electron chi connectivity index (χ1n) is 5.99. The van der Waals surface area contributed by atoms with Crippen molar-refractivity contribution >= 4 is 17.6 Å². The Hall–Kier alpha value is -1.88. The summed E-state index contributed by atoms with van der Waals surface area (Å²) in [7, 11) is 0. The first-order chi connectivity index (χ1) is 8.66. The van der Waals surface area contributed by atoms with Gasteiger partial charge in [-0.3, -0.25) is 4.79 Å². The van der Waals surface area contributed by atoms with Crippen molar-refractivity contribution in [2.75, 3.05) is 18.4 Å². The second-order valence-corrected chi connectivity index (χ2v) is 4.47. The van der Waals surface area contributed by atoms with Gasteiger partial charge in [0.05, 0.1) is 17.8 Å². The topological polar surface area (TPSA) is 78.4 Å². The van der Waals surface area contributed by atoms with E-state index >= 15 is 0 Å². The molecule has 3 N–H and O–H groups in total. The Morgan fingerprint density at radius 3 is 2.67 bits per heavy atom. The summed E-state index contributed by atoms with van der Waals surface area (Å²) in [5.41, 5.74) is 0.441. The van der Waals surface area contributed by atoms with Crippen LogP contribution in [0.1, 0.15) is 23.2 Å². The van der Waals surface area contributed by atoms with Gasteiger partial charge in [0.15, 0.2) is 0 Å². The van der Waals surface area contributed by atoms with Crippen molar-refractivity contribution in [1.82, 2.24) is 5.32 Å². The van der Waals surface area contributed by atoms with E-state index in [9.17, 15) is 9.59 Å². The molecule has 0 atom stereocenters. The first kappa shape index (κ1) is 12.6. The zero-order valence-electron chi connectivity index (χ0n) is 9.98. The Morgan fingerprint density at radius 2 is 2.00 bits per heavy atom.